The molecule has 0 radical (unpaired) electrons. The fraction of sp³-hybridized carbons (Fsp3) is 0.444. The normalized spacial score (nSPS) is 17.8. The minimum Gasteiger partial charge on any atom is -0.337 e. The number of aryl methyl sites for hydroxylation is 2. The molecule has 0 aliphatic carbocycles. The highest BCUT2D eigenvalue weighted by Crippen LogP contribution is 2.27. The van der Waals surface area contributed by atoms with Gasteiger partial charge in [-0.3, -0.25) is 0 Å². The number of rotatable bonds is 4. The highest BCUT2D eigenvalue weighted by Gasteiger charge is 2.27. The van der Waals surface area contributed by atoms with Crippen molar-refractivity contribution in [2.45, 2.75) is 45.2 Å². The molecule has 0 bridgehead atoms. The van der Waals surface area contributed by atoms with Gasteiger partial charge in [0.25, 0.3) is 0 Å². The fourth-order valence-corrected chi connectivity index (χ4v) is 3.52. The Morgan fingerprint density at radius 1 is 1.42 bits per heavy atom. The summed E-state index contributed by atoms with van der Waals surface area (Å²) in [4.78, 5) is 18.8. The average Bonchev–Trinajstić information content (AvgIpc) is 3.10. The van der Waals surface area contributed by atoms with Gasteiger partial charge in [-0.15, -0.1) is 0 Å². The molecular formula is C18H23ClN4O. The van der Waals surface area contributed by atoms with Crippen LogP contribution in [0, 0.1) is 6.92 Å². The number of amides is 2. The standard InChI is InChI=1S/C18H23ClN4O/c1-14-5-4-7-16(19)17(14)21-18(24)23-10-3-2-6-15(23)8-11-22-12-9-20-13-22/h4-5,7,9,12-13,15H,2-3,6,8,10-11H2,1H3,(H,21,24). The molecule has 1 unspecified atom stereocenters. The quantitative estimate of drug-likeness (QED) is 0.896. The zero-order chi connectivity index (χ0) is 16.9. The first-order valence-corrected chi connectivity index (χ1v) is 8.81. The largest absolute Gasteiger partial charge is 0.337 e. The first-order chi connectivity index (χ1) is 11.6. The Morgan fingerprint density at radius 3 is 3.04 bits per heavy atom. The summed E-state index contributed by atoms with van der Waals surface area (Å²) in [7, 11) is 0. The fourth-order valence-electron chi connectivity index (χ4n) is 3.25. The van der Waals surface area contributed by atoms with E-state index in [1.54, 1.807) is 12.3 Å². The molecule has 1 aromatic heterocycles. The average molecular weight is 347 g/mol. The second-order valence-electron chi connectivity index (χ2n) is 6.29. The van der Waals surface area contributed by atoms with E-state index in [2.05, 4.69) is 14.9 Å². The van der Waals surface area contributed by atoms with Gasteiger partial charge in [0.05, 0.1) is 17.0 Å². The van der Waals surface area contributed by atoms with Crippen LogP contribution in [0.5, 0.6) is 0 Å². The summed E-state index contributed by atoms with van der Waals surface area (Å²) < 4.78 is 2.06. The van der Waals surface area contributed by atoms with E-state index in [-0.39, 0.29) is 12.1 Å². The Labute approximate surface area is 147 Å². The number of halogens is 1. The molecule has 3 rings (SSSR count). The summed E-state index contributed by atoms with van der Waals surface area (Å²) in [6.07, 6.45) is 9.76. The number of carbonyl (C=O) groups is 1. The number of benzene rings is 1. The lowest BCUT2D eigenvalue weighted by molar-refractivity contribution is 0.155. The summed E-state index contributed by atoms with van der Waals surface area (Å²) in [5, 5.41) is 3.59. The zero-order valence-corrected chi connectivity index (χ0v) is 14.7. The van der Waals surface area contributed by atoms with Crippen LogP contribution in [0.3, 0.4) is 0 Å². The van der Waals surface area contributed by atoms with Crippen molar-refractivity contribution in [2.75, 3.05) is 11.9 Å². The number of anilines is 1. The van der Waals surface area contributed by atoms with Crippen molar-refractivity contribution in [1.29, 1.82) is 0 Å². The molecule has 2 heterocycles. The van der Waals surface area contributed by atoms with Gasteiger partial charge in [0.15, 0.2) is 0 Å². The number of imidazole rings is 1. The summed E-state index contributed by atoms with van der Waals surface area (Å²) in [5.74, 6) is 0. The Hall–Kier alpha value is -2.01. The molecule has 128 valence electrons. The minimum absolute atomic E-state index is 0.0541. The van der Waals surface area contributed by atoms with E-state index in [1.165, 1.54) is 6.42 Å². The summed E-state index contributed by atoms with van der Waals surface area (Å²) in [5.41, 5.74) is 1.69. The Balaban J connectivity index is 1.66. The number of nitrogens with zero attached hydrogens (tertiary/aromatic N) is 3. The van der Waals surface area contributed by atoms with Crippen LogP contribution in [0.25, 0.3) is 0 Å². The predicted molar refractivity (Wildman–Crippen MR) is 96.4 cm³/mol. The maximum absolute atomic E-state index is 12.8. The topological polar surface area (TPSA) is 50.2 Å². The van der Waals surface area contributed by atoms with Crippen molar-refractivity contribution in [2.24, 2.45) is 0 Å². The molecule has 1 fully saturated rings. The molecule has 1 saturated heterocycles. The van der Waals surface area contributed by atoms with E-state index in [0.717, 1.165) is 37.9 Å². The van der Waals surface area contributed by atoms with Crippen LogP contribution >= 0.6 is 11.6 Å². The van der Waals surface area contributed by atoms with Crippen molar-refractivity contribution >= 4 is 23.3 Å². The molecule has 1 N–H and O–H groups in total. The van der Waals surface area contributed by atoms with Crippen molar-refractivity contribution in [3.63, 3.8) is 0 Å². The van der Waals surface area contributed by atoms with E-state index >= 15 is 0 Å². The van der Waals surface area contributed by atoms with E-state index in [1.807, 2.05) is 36.5 Å². The first kappa shape index (κ1) is 16.8. The molecule has 1 aromatic carbocycles. The second-order valence-corrected chi connectivity index (χ2v) is 6.70. The van der Waals surface area contributed by atoms with E-state index in [9.17, 15) is 4.79 Å². The van der Waals surface area contributed by atoms with Crippen LogP contribution in [0.4, 0.5) is 10.5 Å². The van der Waals surface area contributed by atoms with Gasteiger partial charge in [0.2, 0.25) is 0 Å². The van der Waals surface area contributed by atoms with E-state index in [0.29, 0.717) is 10.7 Å². The van der Waals surface area contributed by atoms with E-state index in [4.69, 9.17) is 11.6 Å². The van der Waals surface area contributed by atoms with Gasteiger partial charge in [-0.1, -0.05) is 23.7 Å². The highest BCUT2D eigenvalue weighted by molar-refractivity contribution is 6.33. The number of nitrogens with one attached hydrogen (secondary N) is 1. The molecule has 24 heavy (non-hydrogen) atoms. The van der Waals surface area contributed by atoms with Crippen molar-refractivity contribution in [3.05, 3.63) is 47.5 Å². The Bertz CT molecular complexity index is 666. The smallest absolute Gasteiger partial charge is 0.322 e. The van der Waals surface area contributed by atoms with Gasteiger partial charge in [-0.25, -0.2) is 9.78 Å². The van der Waals surface area contributed by atoms with Crippen molar-refractivity contribution < 1.29 is 4.79 Å². The van der Waals surface area contributed by atoms with Crippen LogP contribution in [0.15, 0.2) is 36.9 Å². The third kappa shape index (κ3) is 3.90. The third-order valence-electron chi connectivity index (χ3n) is 4.62. The number of carbonyl (C=O) groups excluding carboxylic acids is 1. The third-order valence-corrected chi connectivity index (χ3v) is 4.94. The first-order valence-electron chi connectivity index (χ1n) is 8.43. The van der Waals surface area contributed by atoms with Crippen LogP contribution in [0.1, 0.15) is 31.2 Å². The highest BCUT2D eigenvalue weighted by atomic mass is 35.5. The number of para-hydroxylation sites is 1. The Morgan fingerprint density at radius 2 is 2.29 bits per heavy atom. The summed E-state index contributed by atoms with van der Waals surface area (Å²) in [6.45, 7) is 3.62. The maximum Gasteiger partial charge on any atom is 0.322 e. The molecule has 0 saturated carbocycles. The molecule has 6 heteroatoms. The van der Waals surface area contributed by atoms with Gasteiger partial charge in [0.1, 0.15) is 0 Å². The van der Waals surface area contributed by atoms with Gasteiger partial charge in [0, 0.05) is 31.5 Å². The maximum atomic E-state index is 12.8. The number of hydrogen-bond donors (Lipinski definition) is 1. The van der Waals surface area contributed by atoms with Crippen LogP contribution in [-0.4, -0.2) is 33.1 Å². The zero-order valence-electron chi connectivity index (χ0n) is 13.9. The number of aromatic nitrogens is 2. The molecule has 1 aliphatic heterocycles. The molecule has 1 atom stereocenters. The van der Waals surface area contributed by atoms with Crippen molar-refractivity contribution in [1.82, 2.24) is 14.5 Å². The molecule has 0 spiro atoms. The van der Waals surface area contributed by atoms with Gasteiger partial charge in [-0.05, 0) is 44.2 Å². The molecule has 1 aliphatic rings. The number of urea groups is 1. The van der Waals surface area contributed by atoms with Crippen LogP contribution in [-0.2, 0) is 6.54 Å². The lowest BCUT2D eigenvalue weighted by atomic mass is 9.99. The van der Waals surface area contributed by atoms with Gasteiger partial charge < -0.3 is 14.8 Å². The van der Waals surface area contributed by atoms with Gasteiger partial charge >= 0.3 is 6.03 Å². The lowest BCUT2D eigenvalue weighted by Crippen LogP contribution is -2.46. The second kappa shape index (κ2) is 7.71. The van der Waals surface area contributed by atoms with Crippen molar-refractivity contribution in [3.8, 4) is 0 Å². The van der Waals surface area contributed by atoms with E-state index < -0.39 is 0 Å². The summed E-state index contributed by atoms with van der Waals surface area (Å²) >= 11 is 6.23. The lowest BCUT2D eigenvalue weighted by Gasteiger charge is -2.36. The molecule has 2 amide bonds. The molecular weight excluding hydrogens is 324 g/mol. The Kier molecular flexibility index (Phi) is 5.41. The number of hydrogen-bond acceptors (Lipinski definition) is 2. The van der Waals surface area contributed by atoms with Crippen LogP contribution < -0.4 is 5.32 Å². The van der Waals surface area contributed by atoms with Gasteiger partial charge in [-0.2, -0.15) is 0 Å². The predicted octanol–water partition coefficient (Wildman–Crippen LogP) is 4.32. The minimum atomic E-state index is -0.0541. The number of piperidine rings is 1. The molecule has 5 nitrogen and oxygen atoms in total. The summed E-state index contributed by atoms with van der Waals surface area (Å²) in [6, 6.07) is 5.85. The number of likely N-dealkylation sites (tertiary alicyclic amines) is 1. The van der Waals surface area contributed by atoms with Crippen LogP contribution in [0.2, 0.25) is 5.02 Å². The molecule has 2 aromatic rings. The SMILES string of the molecule is Cc1cccc(Cl)c1NC(=O)N1CCCCC1CCn1ccnc1. The monoisotopic (exact) mass is 346 g/mol.